The molecule has 0 aliphatic carbocycles. The van der Waals surface area contributed by atoms with E-state index < -0.39 is 0 Å². The van der Waals surface area contributed by atoms with Gasteiger partial charge >= 0.3 is 0 Å². The highest BCUT2D eigenvalue weighted by Gasteiger charge is 2.19. The van der Waals surface area contributed by atoms with Crippen LogP contribution in [0.4, 0.5) is 5.69 Å². The van der Waals surface area contributed by atoms with Crippen LogP contribution in [0.25, 0.3) is 16.9 Å². The Bertz CT molecular complexity index is 1390. The minimum atomic E-state index is 0.449. The molecule has 0 amide bonds. The summed E-state index contributed by atoms with van der Waals surface area (Å²) < 4.78 is 12.9. The summed E-state index contributed by atoms with van der Waals surface area (Å²) in [7, 11) is 3.20. The normalized spacial score (nSPS) is 14.2. The van der Waals surface area contributed by atoms with E-state index in [2.05, 4.69) is 33.0 Å². The monoisotopic (exact) mass is 488 g/mol. The van der Waals surface area contributed by atoms with Gasteiger partial charge in [-0.25, -0.2) is 9.97 Å². The second kappa shape index (κ2) is 9.82. The Morgan fingerprint density at radius 3 is 2.51 bits per heavy atom. The molecular weight excluding hydrogens is 464 g/mol. The molecule has 0 radical (unpaired) electrons. The van der Waals surface area contributed by atoms with E-state index in [0.717, 1.165) is 60.9 Å². The van der Waals surface area contributed by atoms with Crippen molar-refractivity contribution < 1.29 is 9.47 Å². The van der Waals surface area contributed by atoms with Gasteiger partial charge in [-0.05, 0) is 23.8 Å². The molecule has 8 nitrogen and oxygen atoms in total. The first kappa shape index (κ1) is 23.0. The van der Waals surface area contributed by atoms with Crippen molar-refractivity contribution in [2.75, 3.05) is 45.3 Å². The number of piperazine rings is 1. The SMILES string of the molecule is COc1cc(OC)c(-c2cn3ccc(N4CCN(Cc5ccc(C#N)nc5)CC4)cc3n2)cc1Cl. The molecular formula is C26H25ClN6O2. The first-order valence-corrected chi connectivity index (χ1v) is 11.7. The van der Waals surface area contributed by atoms with Crippen LogP contribution < -0.4 is 14.4 Å². The van der Waals surface area contributed by atoms with Crippen molar-refractivity contribution >= 4 is 22.9 Å². The Kier molecular flexibility index (Phi) is 6.45. The number of nitrogens with zero attached hydrogens (tertiary/aromatic N) is 6. The van der Waals surface area contributed by atoms with Crippen LogP contribution in [0.3, 0.4) is 0 Å². The molecule has 0 atom stereocenters. The maximum Gasteiger partial charge on any atom is 0.141 e. The van der Waals surface area contributed by atoms with Crippen molar-refractivity contribution in [2.24, 2.45) is 0 Å². The van der Waals surface area contributed by atoms with Gasteiger partial charge in [-0.2, -0.15) is 5.26 Å². The average Bonchev–Trinajstić information content (AvgIpc) is 3.33. The molecule has 1 aromatic carbocycles. The van der Waals surface area contributed by atoms with E-state index in [1.165, 1.54) is 0 Å². The quantitative estimate of drug-likeness (QED) is 0.401. The van der Waals surface area contributed by atoms with Crippen LogP contribution in [0.5, 0.6) is 11.5 Å². The number of hydrogen-bond donors (Lipinski definition) is 0. The van der Waals surface area contributed by atoms with E-state index in [0.29, 0.717) is 22.2 Å². The van der Waals surface area contributed by atoms with Crippen molar-refractivity contribution in [1.82, 2.24) is 19.3 Å². The lowest BCUT2D eigenvalue weighted by Gasteiger charge is -2.36. The molecule has 5 rings (SSSR count). The lowest BCUT2D eigenvalue weighted by atomic mass is 10.1. The number of aromatic nitrogens is 3. The molecule has 0 saturated carbocycles. The largest absolute Gasteiger partial charge is 0.496 e. The van der Waals surface area contributed by atoms with E-state index in [1.807, 2.05) is 28.9 Å². The number of anilines is 1. The van der Waals surface area contributed by atoms with Gasteiger partial charge < -0.3 is 18.8 Å². The van der Waals surface area contributed by atoms with Gasteiger partial charge in [0.1, 0.15) is 28.9 Å². The van der Waals surface area contributed by atoms with Gasteiger partial charge in [-0.15, -0.1) is 0 Å². The summed E-state index contributed by atoms with van der Waals surface area (Å²) in [4.78, 5) is 13.8. The molecule has 4 aromatic rings. The maximum atomic E-state index is 8.92. The summed E-state index contributed by atoms with van der Waals surface area (Å²) in [5.74, 6) is 1.22. The number of benzene rings is 1. The predicted molar refractivity (Wildman–Crippen MR) is 135 cm³/mol. The lowest BCUT2D eigenvalue weighted by Crippen LogP contribution is -2.46. The van der Waals surface area contributed by atoms with E-state index in [-0.39, 0.29) is 0 Å². The number of rotatable bonds is 6. The molecule has 9 heteroatoms. The number of hydrogen-bond acceptors (Lipinski definition) is 7. The number of fused-ring (bicyclic) bond motifs is 1. The zero-order valence-electron chi connectivity index (χ0n) is 19.6. The fourth-order valence-corrected chi connectivity index (χ4v) is 4.61. The van der Waals surface area contributed by atoms with Gasteiger partial charge in [-0.3, -0.25) is 4.90 Å². The Morgan fingerprint density at radius 1 is 1.03 bits per heavy atom. The minimum absolute atomic E-state index is 0.449. The number of nitriles is 1. The molecule has 1 saturated heterocycles. The first-order chi connectivity index (χ1) is 17.1. The smallest absolute Gasteiger partial charge is 0.141 e. The first-order valence-electron chi connectivity index (χ1n) is 11.3. The molecule has 1 aliphatic heterocycles. The Balaban J connectivity index is 1.30. The van der Waals surface area contributed by atoms with Crippen molar-refractivity contribution in [3.63, 3.8) is 0 Å². The van der Waals surface area contributed by atoms with Gasteiger partial charge in [0.05, 0.1) is 24.9 Å². The van der Waals surface area contributed by atoms with Crippen LogP contribution in [-0.4, -0.2) is 59.7 Å². The highest BCUT2D eigenvalue weighted by molar-refractivity contribution is 6.32. The highest BCUT2D eigenvalue weighted by atomic mass is 35.5. The topological polar surface area (TPSA) is 78.9 Å². The fraction of sp³-hybridized carbons (Fsp3) is 0.269. The summed E-state index contributed by atoms with van der Waals surface area (Å²) in [5.41, 5.74) is 5.17. The molecule has 35 heavy (non-hydrogen) atoms. The number of imidazole rings is 1. The van der Waals surface area contributed by atoms with Crippen molar-refractivity contribution in [3.05, 3.63) is 71.3 Å². The van der Waals surface area contributed by atoms with E-state index in [1.54, 1.807) is 32.5 Å². The third-order valence-electron chi connectivity index (χ3n) is 6.28. The van der Waals surface area contributed by atoms with Gasteiger partial charge in [0.2, 0.25) is 0 Å². The summed E-state index contributed by atoms with van der Waals surface area (Å²) in [6.45, 7) is 4.59. The maximum absolute atomic E-state index is 8.92. The Labute approximate surface area is 208 Å². The van der Waals surface area contributed by atoms with E-state index in [9.17, 15) is 0 Å². The Hall–Kier alpha value is -3.80. The average molecular weight is 489 g/mol. The van der Waals surface area contributed by atoms with Crippen molar-refractivity contribution in [1.29, 1.82) is 5.26 Å². The minimum Gasteiger partial charge on any atom is -0.496 e. The molecule has 1 aliphatic rings. The molecule has 178 valence electrons. The van der Waals surface area contributed by atoms with Crippen LogP contribution in [0.2, 0.25) is 5.02 Å². The van der Waals surface area contributed by atoms with Gasteiger partial charge in [0.25, 0.3) is 0 Å². The summed E-state index contributed by atoms with van der Waals surface area (Å²) >= 11 is 6.37. The third kappa shape index (κ3) is 4.74. The predicted octanol–water partition coefficient (Wildman–Crippen LogP) is 4.26. The molecule has 3 aromatic heterocycles. The van der Waals surface area contributed by atoms with Crippen LogP contribution in [0.15, 0.2) is 55.0 Å². The zero-order valence-corrected chi connectivity index (χ0v) is 20.4. The summed E-state index contributed by atoms with van der Waals surface area (Å²) in [6.07, 6.45) is 5.80. The third-order valence-corrected chi connectivity index (χ3v) is 6.57. The molecule has 4 heterocycles. The Morgan fingerprint density at radius 2 is 1.83 bits per heavy atom. The standard InChI is InChI=1S/C26H25ClN6O2/c1-34-24-13-25(35-2)22(27)12-21(24)23-17-33-6-5-20(11-26(33)30-23)32-9-7-31(8-10-32)16-18-3-4-19(14-28)29-15-18/h3-6,11-13,15,17H,7-10,16H2,1-2H3. The van der Waals surface area contributed by atoms with E-state index >= 15 is 0 Å². The van der Waals surface area contributed by atoms with Gasteiger partial charge in [0.15, 0.2) is 0 Å². The second-order valence-electron chi connectivity index (χ2n) is 8.39. The lowest BCUT2D eigenvalue weighted by molar-refractivity contribution is 0.249. The van der Waals surface area contributed by atoms with Crippen LogP contribution >= 0.6 is 11.6 Å². The van der Waals surface area contributed by atoms with Crippen LogP contribution in [0.1, 0.15) is 11.3 Å². The molecule has 0 bridgehead atoms. The number of pyridine rings is 2. The molecule has 0 N–H and O–H groups in total. The highest BCUT2D eigenvalue weighted by Crippen LogP contribution is 2.38. The molecule has 0 spiro atoms. The molecule has 1 fully saturated rings. The van der Waals surface area contributed by atoms with E-state index in [4.69, 9.17) is 31.3 Å². The van der Waals surface area contributed by atoms with Gasteiger partial charge in [0, 0.05) is 74.7 Å². The zero-order chi connectivity index (χ0) is 24.4. The molecule has 0 unspecified atom stereocenters. The van der Waals surface area contributed by atoms with Crippen molar-refractivity contribution in [3.8, 4) is 28.8 Å². The second-order valence-corrected chi connectivity index (χ2v) is 8.80. The summed E-state index contributed by atoms with van der Waals surface area (Å²) in [6, 6.07) is 13.7. The number of methoxy groups -OCH3 is 2. The van der Waals surface area contributed by atoms with Gasteiger partial charge in [-0.1, -0.05) is 17.7 Å². The number of ether oxygens (including phenoxy) is 2. The van der Waals surface area contributed by atoms with Crippen molar-refractivity contribution in [2.45, 2.75) is 6.54 Å². The number of halogens is 1. The van der Waals surface area contributed by atoms with Crippen LogP contribution in [-0.2, 0) is 6.54 Å². The fourth-order valence-electron chi connectivity index (χ4n) is 4.36. The van der Waals surface area contributed by atoms with Crippen LogP contribution in [0, 0.1) is 11.3 Å². The summed E-state index contributed by atoms with van der Waals surface area (Å²) in [5, 5.41) is 9.43.